The number of hydrogen-bond donors (Lipinski definition) is 1. The molecule has 22 heavy (non-hydrogen) atoms. The van der Waals surface area contributed by atoms with Crippen molar-refractivity contribution in [2.75, 3.05) is 11.6 Å². The van der Waals surface area contributed by atoms with Gasteiger partial charge >= 0.3 is 5.69 Å². The Kier molecular flexibility index (Phi) is 2.90. The molecule has 0 aliphatic carbocycles. The van der Waals surface area contributed by atoms with Gasteiger partial charge in [0.2, 0.25) is 11.9 Å². The molecule has 116 valence electrons. The number of fused-ring (bicyclic) bond motifs is 3. The van der Waals surface area contributed by atoms with E-state index in [9.17, 15) is 14.4 Å². The van der Waals surface area contributed by atoms with E-state index in [0.29, 0.717) is 23.7 Å². The van der Waals surface area contributed by atoms with Gasteiger partial charge in [0.05, 0.1) is 12.3 Å². The van der Waals surface area contributed by atoms with Crippen molar-refractivity contribution in [3.63, 3.8) is 0 Å². The lowest BCUT2D eigenvalue weighted by Crippen LogP contribution is -2.38. The van der Waals surface area contributed by atoms with E-state index in [4.69, 9.17) is 5.73 Å². The normalized spacial score (nSPS) is 14.1. The quantitative estimate of drug-likeness (QED) is 0.696. The highest BCUT2D eigenvalue weighted by Gasteiger charge is 2.26. The lowest BCUT2D eigenvalue weighted by molar-refractivity contribution is -0.116. The molecular formula is C12H15N7O3. The zero-order chi connectivity index (χ0) is 16.2. The van der Waals surface area contributed by atoms with Crippen molar-refractivity contribution in [2.45, 2.75) is 13.5 Å². The first-order chi connectivity index (χ1) is 10.3. The molecule has 1 aliphatic rings. The minimum absolute atomic E-state index is 0.158. The van der Waals surface area contributed by atoms with Gasteiger partial charge in [0, 0.05) is 14.1 Å². The molecule has 0 bridgehead atoms. The average Bonchev–Trinajstić information content (AvgIpc) is 2.81. The number of rotatable bonds is 2. The molecule has 0 aromatic carbocycles. The van der Waals surface area contributed by atoms with E-state index in [1.807, 2.05) is 0 Å². The minimum Gasteiger partial charge on any atom is -0.368 e. The van der Waals surface area contributed by atoms with Gasteiger partial charge in [-0.3, -0.25) is 23.3 Å². The molecule has 10 heteroatoms. The summed E-state index contributed by atoms with van der Waals surface area (Å²) in [5.41, 5.74) is 5.56. The Hall–Kier alpha value is -2.91. The number of amides is 1. The van der Waals surface area contributed by atoms with Crippen molar-refractivity contribution in [3.8, 4) is 0 Å². The van der Waals surface area contributed by atoms with Crippen molar-refractivity contribution >= 4 is 28.7 Å². The fraction of sp³-hybridized carbons (Fsp3) is 0.417. The molecule has 0 fully saturated rings. The Balaban J connectivity index is 2.37. The summed E-state index contributed by atoms with van der Waals surface area (Å²) in [6, 6.07) is 0. The Morgan fingerprint density at radius 2 is 1.95 bits per heavy atom. The van der Waals surface area contributed by atoms with E-state index in [0.717, 1.165) is 4.57 Å². The summed E-state index contributed by atoms with van der Waals surface area (Å²) < 4.78 is 3.96. The minimum atomic E-state index is -0.571. The van der Waals surface area contributed by atoms with Crippen LogP contribution in [0.15, 0.2) is 14.7 Å². The largest absolute Gasteiger partial charge is 0.368 e. The number of aryl methyl sites for hydroxylation is 1. The third kappa shape index (κ3) is 1.84. The van der Waals surface area contributed by atoms with Gasteiger partial charge in [0.1, 0.15) is 6.54 Å². The monoisotopic (exact) mass is 305 g/mol. The van der Waals surface area contributed by atoms with Crippen LogP contribution < -0.4 is 22.0 Å². The topological polar surface area (TPSA) is 121 Å². The number of primary amides is 1. The van der Waals surface area contributed by atoms with Gasteiger partial charge in [0.25, 0.3) is 5.56 Å². The molecule has 0 saturated heterocycles. The summed E-state index contributed by atoms with van der Waals surface area (Å²) in [6.45, 7) is 1.97. The Labute approximate surface area is 124 Å². The highest BCUT2D eigenvalue weighted by molar-refractivity contribution is 5.89. The highest BCUT2D eigenvalue weighted by Crippen LogP contribution is 2.23. The Morgan fingerprint density at radius 1 is 1.27 bits per heavy atom. The van der Waals surface area contributed by atoms with Crippen molar-refractivity contribution in [1.82, 2.24) is 18.7 Å². The second-order valence-electron chi connectivity index (χ2n) is 5.24. The number of nitrogens with two attached hydrogens (primary N) is 1. The van der Waals surface area contributed by atoms with Crippen molar-refractivity contribution < 1.29 is 4.79 Å². The molecule has 2 N–H and O–H groups in total. The second-order valence-corrected chi connectivity index (χ2v) is 5.24. The number of hydrazone groups is 1. The summed E-state index contributed by atoms with van der Waals surface area (Å²) in [4.78, 5) is 39.9. The van der Waals surface area contributed by atoms with Crippen LogP contribution in [0.4, 0.5) is 5.95 Å². The third-order valence-corrected chi connectivity index (χ3v) is 3.54. The molecule has 2 aromatic heterocycles. The molecule has 0 saturated carbocycles. The van der Waals surface area contributed by atoms with Crippen LogP contribution in [0.2, 0.25) is 0 Å². The van der Waals surface area contributed by atoms with Crippen molar-refractivity contribution in [3.05, 3.63) is 20.8 Å². The van der Waals surface area contributed by atoms with Gasteiger partial charge in [-0.1, -0.05) is 0 Å². The van der Waals surface area contributed by atoms with Crippen LogP contribution in [-0.2, 0) is 25.4 Å². The fourth-order valence-corrected chi connectivity index (χ4v) is 2.55. The van der Waals surface area contributed by atoms with Crippen molar-refractivity contribution in [1.29, 1.82) is 0 Å². The number of aromatic nitrogens is 4. The predicted molar refractivity (Wildman–Crippen MR) is 79.9 cm³/mol. The Bertz CT molecular complexity index is 946. The number of hydrogen-bond acceptors (Lipinski definition) is 6. The molecule has 3 heterocycles. The van der Waals surface area contributed by atoms with E-state index >= 15 is 0 Å². The number of nitrogens with zero attached hydrogens (tertiary/aromatic N) is 6. The van der Waals surface area contributed by atoms with Gasteiger partial charge in [-0.05, 0) is 6.92 Å². The highest BCUT2D eigenvalue weighted by atomic mass is 16.2. The van der Waals surface area contributed by atoms with E-state index < -0.39 is 17.2 Å². The number of carbonyl (C=O) groups is 1. The van der Waals surface area contributed by atoms with Crippen molar-refractivity contribution in [2.24, 2.45) is 24.9 Å². The van der Waals surface area contributed by atoms with Crippen LogP contribution in [0.5, 0.6) is 0 Å². The third-order valence-electron chi connectivity index (χ3n) is 3.54. The molecule has 0 atom stereocenters. The average molecular weight is 305 g/mol. The molecular weight excluding hydrogens is 290 g/mol. The number of anilines is 1. The maximum atomic E-state index is 12.4. The summed E-state index contributed by atoms with van der Waals surface area (Å²) in [5, 5.41) is 5.57. The van der Waals surface area contributed by atoms with E-state index in [2.05, 4.69) is 10.1 Å². The molecule has 0 radical (unpaired) electrons. The zero-order valence-corrected chi connectivity index (χ0v) is 12.4. The SMILES string of the molecule is CC1=NN(CC(N)=O)c2nc3c(c(=O)n(C)c(=O)n3C)n2C1. The molecule has 2 aromatic rings. The summed E-state index contributed by atoms with van der Waals surface area (Å²) >= 11 is 0. The van der Waals surface area contributed by atoms with Crippen LogP contribution >= 0.6 is 0 Å². The van der Waals surface area contributed by atoms with Gasteiger partial charge in [-0.25, -0.2) is 9.80 Å². The summed E-state index contributed by atoms with van der Waals surface area (Å²) in [6.07, 6.45) is 0. The van der Waals surface area contributed by atoms with Crippen LogP contribution in [0.25, 0.3) is 11.2 Å². The van der Waals surface area contributed by atoms with Gasteiger partial charge in [-0.15, -0.1) is 0 Å². The smallest absolute Gasteiger partial charge is 0.332 e. The van der Waals surface area contributed by atoms with Crippen LogP contribution in [-0.4, -0.2) is 36.8 Å². The lowest BCUT2D eigenvalue weighted by atomic mass is 10.4. The Morgan fingerprint density at radius 3 is 2.59 bits per heavy atom. The lowest BCUT2D eigenvalue weighted by Gasteiger charge is -2.23. The predicted octanol–water partition coefficient (Wildman–Crippen LogP) is -1.89. The summed E-state index contributed by atoms with van der Waals surface area (Å²) in [7, 11) is 2.95. The molecule has 1 aliphatic heterocycles. The molecule has 0 spiro atoms. The van der Waals surface area contributed by atoms with Gasteiger partial charge < -0.3 is 5.73 Å². The van der Waals surface area contributed by atoms with E-state index in [1.165, 1.54) is 23.7 Å². The van der Waals surface area contributed by atoms with E-state index in [1.54, 1.807) is 11.5 Å². The molecule has 0 unspecified atom stereocenters. The number of imidazole rings is 1. The van der Waals surface area contributed by atoms with Gasteiger partial charge in [-0.2, -0.15) is 10.1 Å². The first kappa shape index (κ1) is 14.0. The van der Waals surface area contributed by atoms with E-state index in [-0.39, 0.29) is 12.2 Å². The summed E-state index contributed by atoms with van der Waals surface area (Å²) in [5.74, 6) is -0.253. The van der Waals surface area contributed by atoms with Crippen LogP contribution in [0.1, 0.15) is 6.92 Å². The molecule has 1 amide bonds. The number of carbonyl (C=O) groups excluding carboxylic acids is 1. The standard InChI is InChI=1S/C12H15N7O3/c1-6-4-18-8-9(16(2)12(22)17(3)10(8)21)14-11(18)19(15-6)5-7(13)20/h4-5H2,1-3H3,(H2,13,20). The zero-order valence-electron chi connectivity index (χ0n) is 12.4. The van der Waals surface area contributed by atoms with Crippen LogP contribution in [0.3, 0.4) is 0 Å². The first-order valence-electron chi connectivity index (χ1n) is 6.57. The maximum absolute atomic E-state index is 12.4. The maximum Gasteiger partial charge on any atom is 0.332 e. The second kappa shape index (κ2) is 4.55. The van der Waals surface area contributed by atoms with Gasteiger partial charge in [0.15, 0.2) is 11.2 Å². The molecule has 10 nitrogen and oxygen atoms in total. The fourth-order valence-electron chi connectivity index (χ4n) is 2.55. The molecule has 3 rings (SSSR count). The first-order valence-corrected chi connectivity index (χ1v) is 6.57. The van der Waals surface area contributed by atoms with Crippen LogP contribution in [0, 0.1) is 0 Å².